The molecule has 0 bridgehead atoms. The van der Waals surface area contributed by atoms with Crippen molar-refractivity contribution >= 4 is 12.0 Å². The Balaban J connectivity index is 2.89. The Morgan fingerprint density at radius 2 is 2.00 bits per heavy atom. The average molecular weight is 272 g/mol. The van der Waals surface area contributed by atoms with E-state index >= 15 is 0 Å². The van der Waals surface area contributed by atoms with Crippen molar-refractivity contribution in [2.75, 3.05) is 20.1 Å². The van der Waals surface area contributed by atoms with Gasteiger partial charge in [-0.25, -0.2) is 9.59 Å². The second-order valence-electron chi connectivity index (χ2n) is 5.90. The Labute approximate surface area is 114 Å². The molecule has 1 atom stereocenters. The van der Waals surface area contributed by atoms with Crippen LogP contribution in [0.4, 0.5) is 4.79 Å². The third-order valence-corrected chi connectivity index (χ3v) is 3.65. The molecule has 1 aliphatic rings. The molecule has 0 aliphatic carbocycles. The monoisotopic (exact) mass is 272 g/mol. The smallest absolute Gasteiger partial charge is 0.329 e. The summed E-state index contributed by atoms with van der Waals surface area (Å²) >= 11 is 0. The molecule has 0 aromatic heterocycles. The molecule has 0 radical (unpaired) electrons. The number of aliphatic carboxylic acids is 1. The Bertz CT molecular complexity index is 364. The van der Waals surface area contributed by atoms with Crippen LogP contribution < -0.4 is 0 Å². The van der Waals surface area contributed by atoms with Crippen LogP contribution in [0.1, 0.15) is 40.0 Å². The largest absolute Gasteiger partial charge is 0.479 e. The van der Waals surface area contributed by atoms with E-state index in [1.165, 1.54) is 9.80 Å². The molecular weight excluding hydrogens is 248 g/mol. The molecule has 1 fully saturated rings. The molecule has 1 aliphatic heterocycles. The molecule has 0 aromatic carbocycles. The van der Waals surface area contributed by atoms with Gasteiger partial charge in [0, 0.05) is 13.6 Å². The van der Waals surface area contributed by atoms with Crippen LogP contribution in [0.3, 0.4) is 0 Å². The molecule has 6 nitrogen and oxygen atoms in total. The summed E-state index contributed by atoms with van der Waals surface area (Å²) in [6.45, 7) is 5.64. The van der Waals surface area contributed by atoms with Gasteiger partial charge in [0.25, 0.3) is 0 Å². The quantitative estimate of drug-likeness (QED) is 0.804. The molecule has 2 N–H and O–H groups in total. The van der Waals surface area contributed by atoms with Crippen LogP contribution in [0.2, 0.25) is 0 Å². The zero-order chi connectivity index (χ0) is 14.8. The van der Waals surface area contributed by atoms with Crippen molar-refractivity contribution in [3.8, 4) is 0 Å². The molecule has 1 rings (SSSR count). The molecule has 19 heavy (non-hydrogen) atoms. The van der Waals surface area contributed by atoms with Gasteiger partial charge in [-0.3, -0.25) is 0 Å². The average Bonchev–Trinajstić information content (AvgIpc) is 2.70. The van der Waals surface area contributed by atoms with Crippen LogP contribution in [0.25, 0.3) is 0 Å². The first-order chi connectivity index (χ1) is 8.64. The third kappa shape index (κ3) is 3.18. The van der Waals surface area contributed by atoms with E-state index in [9.17, 15) is 19.8 Å². The molecule has 1 heterocycles. The van der Waals surface area contributed by atoms with E-state index in [0.29, 0.717) is 25.8 Å². The zero-order valence-corrected chi connectivity index (χ0v) is 12.1. The van der Waals surface area contributed by atoms with Gasteiger partial charge in [0.2, 0.25) is 0 Å². The van der Waals surface area contributed by atoms with Crippen molar-refractivity contribution in [3.05, 3.63) is 0 Å². The van der Waals surface area contributed by atoms with E-state index in [4.69, 9.17) is 0 Å². The summed E-state index contributed by atoms with van der Waals surface area (Å²) in [5.41, 5.74) is -2.09. The first kappa shape index (κ1) is 15.8. The number of likely N-dealkylation sites (tertiary alicyclic amines) is 1. The van der Waals surface area contributed by atoms with Crippen LogP contribution in [0.5, 0.6) is 0 Å². The Kier molecular flexibility index (Phi) is 4.45. The van der Waals surface area contributed by atoms with Gasteiger partial charge >= 0.3 is 12.0 Å². The third-order valence-electron chi connectivity index (χ3n) is 3.65. The minimum absolute atomic E-state index is 0.168. The topological polar surface area (TPSA) is 81.1 Å². The predicted octanol–water partition coefficient (Wildman–Crippen LogP) is 1.14. The normalized spacial score (nSPS) is 23.5. The fraction of sp³-hybridized carbons (Fsp3) is 0.846. The van der Waals surface area contributed by atoms with Crippen LogP contribution in [-0.4, -0.2) is 63.3 Å². The van der Waals surface area contributed by atoms with Gasteiger partial charge in [0.15, 0.2) is 0 Å². The Morgan fingerprint density at radius 1 is 1.42 bits per heavy atom. The van der Waals surface area contributed by atoms with Crippen LogP contribution in [0, 0.1) is 0 Å². The number of aliphatic hydroxyl groups is 1. The number of hydrogen-bond acceptors (Lipinski definition) is 3. The number of carboxylic acids is 1. The molecule has 1 unspecified atom stereocenters. The lowest BCUT2D eigenvalue weighted by molar-refractivity contribution is -0.148. The zero-order valence-electron chi connectivity index (χ0n) is 12.1. The van der Waals surface area contributed by atoms with E-state index in [-0.39, 0.29) is 12.6 Å². The van der Waals surface area contributed by atoms with E-state index in [1.54, 1.807) is 27.8 Å². The van der Waals surface area contributed by atoms with Gasteiger partial charge in [-0.2, -0.15) is 0 Å². The lowest BCUT2D eigenvalue weighted by atomic mass is 9.93. The minimum atomic E-state index is -1.09. The molecule has 1 saturated heterocycles. The summed E-state index contributed by atoms with van der Waals surface area (Å²) < 4.78 is 0. The molecule has 0 aromatic rings. The first-order valence-electron chi connectivity index (χ1n) is 6.62. The van der Waals surface area contributed by atoms with Gasteiger partial charge < -0.3 is 20.0 Å². The number of nitrogens with zero attached hydrogens (tertiary/aromatic N) is 2. The van der Waals surface area contributed by atoms with E-state index in [0.717, 1.165) is 0 Å². The summed E-state index contributed by atoms with van der Waals surface area (Å²) in [6.07, 6.45) is 1.58. The fourth-order valence-electron chi connectivity index (χ4n) is 2.75. The number of urea groups is 1. The van der Waals surface area contributed by atoms with Crippen molar-refractivity contribution in [2.24, 2.45) is 0 Å². The predicted molar refractivity (Wildman–Crippen MR) is 70.9 cm³/mol. The lowest BCUT2D eigenvalue weighted by Gasteiger charge is -2.37. The summed E-state index contributed by atoms with van der Waals surface area (Å²) in [5.74, 6) is -0.947. The van der Waals surface area contributed by atoms with Crippen molar-refractivity contribution in [1.29, 1.82) is 0 Å². The highest BCUT2D eigenvalue weighted by Crippen LogP contribution is 2.33. The maximum absolute atomic E-state index is 12.4. The van der Waals surface area contributed by atoms with Crippen molar-refractivity contribution in [1.82, 2.24) is 9.80 Å². The summed E-state index contributed by atoms with van der Waals surface area (Å²) in [4.78, 5) is 26.7. The maximum Gasteiger partial charge on any atom is 0.329 e. The van der Waals surface area contributed by atoms with Gasteiger partial charge in [0.1, 0.15) is 5.54 Å². The Hall–Kier alpha value is -1.30. The first-order valence-corrected chi connectivity index (χ1v) is 6.62. The number of carboxylic acid groups (broad SMARTS) is 1. The molecule has 110 valence electrons. The second-order valence-corrected chi connectivity index (χ2v) is 5.90. The molecule has 0 spiro atoms. The van der Waals surface area contributed by atoms with Gasteiger partial charge in [0.05, 0.1) is 12.1 Å². The summed E-state index contributed by atoms with van der Waals surface area (Å²) in [5, 5.41) is 19.2. The highest BCUT2D eigenvalue weighted by Gasteiger charge is 2.49. The number of hydrogen-bond donors (Lipinski definition) is 2. The maximum atomic E-state index is 12.4. The number of rotatable bonds is 4. The van der Waals surface area contributed by atoms with E-state index < -0.39 is 17.1 Å². The Morgan fingerprint density at radius 3 is 2.42 bits per heavy atom. The molecule has 0 saturated carbocycles. The van der Waals surface area contributed by atoms with Gasteiger partial charge in [-0.15, -0.1) is 0 Å². The minimum Gasteiger partial charge on any atom is -0.479 e. The molecular formula is C13H24N2O4. The molecule has 2 amide bonds. The highest BCUT2D eigenvalue weighted by atomic mass is 16.4. The standard InChI is InChI=1S/C13H24N2O4/c1-5-13(10(16)17)7-6-8-15(13)11(18)14(4)9-12(2,3)19/h19H,5-9H2,1-4H3,(H,16,17). The number of likely N-dealkylation sites (N-methyl/N-ethyl adjacent to an activating group) is 1. The summed E-state index contributed by atoms with van der Waals surface area (Å²) in [6, 6.07) is -0.330. The highest BCUT2D eigenvalue weighted by molar-refractivity contribution is 5.87. The molecule has 6 heteroatoms. The fourth-order valence-corrected chi connectivity index (χ4v) is 2.75. The number of carbonyl (C=O) groups excluding carboxylic acids is 1. The van der Waals surface area contributed by atoms with Crippen LogP contribution in [0.15, 0.2) is 0 Å². The van der Waals surface area contributed by atoms with Crippen molar-refractivity contribution in [3.63, 3.8) is 0 Å². The van der Waals surface area contributed by atoms with E-state index in [1.807, 2.05) is 0 Å². The number of amides is 2. The van der Waals surface area contributed by atoms with Crippen molar-refractivity contribution in [2.45, 2.75) is 51.2 Å². The van der Waals surface area contributed by atoms with Crippen LogP contribution in [-0.2, 0) is 4.79 Å². The van der Waals surface area contributed by atoms with Gasteiger partial charge in [-0.05, 0) is 33.1 Å². The summed E-state index contributed by atoms with van der Waals surface area (Å²) in [7, 11) is 1.58. The van der Waals surface area contributed by atoms with Crippen LogP contribution >= 0.6 is 0 Å². The van der Waals surface area contributed by atoms with Crippen molar-refractivity contribution < 1.29 is 19.8 Å². The van der Waals surface area contributed by atoms with Gasteiger partial charge in [-0.1, -0.05) is 6.92 Å². The van der Waals surface area contributed by atoms with E-state index in [2.05, 4.69) is 0 Å². The second kappa shape index (κ2) is 5.36. The lowest BCUT2D eigenvalue weighted by Crippen LogP contribution is -2.57. The number of carbonyl (C=O) groups is 2. The SMILES string of the molecule is CCC1(C(=O)O)CCCN1C(=O)N(C)CC(C)(C)O.